The molecular weight excluding hydrogens is 279 g/mol. The number of carboxylic acids is 1. The maximum Gasteiger partial charge on any atom is 1.00 e. The van der Waals surface area contributed by atoms with Gasteiger partial charge in [-0.1, -0.05) is 31.9 Å². The van der Waals surface area contributed by atoms with E-state index in [1.807, 2.05) is 6.08 Å². The van der Waals surface area contributed by atoms with Crippen LogP contribution in [0.25, 0.3) is 0 Å². The summed E-state index contributed by atoms with van der Waals surface area (Å²) in [7, 11) is 0. The number of unbranched alkanes of at least 4 members (excludes halogenated alkanes) is 3. The second-order valence-electron chi connectivity index (χ2n) is 4.87. The zero-order valence-corrected chi connectivity index (χ0v) is 13.8. The van der Waals surface area contributed by atoms with Crippen LogP contribution in [0.4, 0.5) is 0 Å². The number of carboxylic acid groups (broad SMARTS) is 1. The molecule has 0 fully saturated rings. The third kappa shape index (κ3) is 15.6. The van der Waals surface area contributed by atoms with Gasteiger partial charge in [0, 0.05) is 19.7 Å². The monoisotopic (exact) mass is 306 g/mol. The first kappa shape index (κ1) is 23.5. The predicted molar refractivity (Wildman–Crippen MR) is 81.4 cm³/mol. The van der Waals surface area contributed by atoms with E-state index < -0.39 is 5.97 Å². The number of aliphatic hydroxyl groups excluding tert-OH is 1. The SMILES string of the molecule is CCCCC/C=C/C([O-])=NCCN(CCCO)CC(=O)O.[Li+]. The molecule has 0 aromatic heterocycles. The van der Waals surface area contributed by atoms with Gasteiger partial charge in [0.2, 0.25) is 0 Å². The molecule has 0 unspecified atom stereocenters. The van der Waals surface area contributed by atoms with E-state index in [1.54, 1.807) is 4.90 Å². The number of allylic oxidation sites excluding steroid dienone is 1. The van der Waals surface area contributed by atoms with Crippen LogP contribution in [-0.2, 0) is 4.79 Å². The van der Waals surface area contributed by atoms with Gasteiger partial charge in [-0.3, -0.25) is 14.7 Å². The van der Waals surface area contributed by atoms with Crippen LogP contribution < -0.4 is 24.0 Å². The Balaban J connectivity index is 0. The molecule has 0 aromatic carbocycles. The number of aliphatic hydroxyl groups is 1. The molecule has 7 heteroatoms. The Hall–Kier alpha value is -0.803. The molecule has 0 amide bonds. The van der Waals surface area contributed by atoms with Crippen LogP contribution in [0, 0.1) is 0 Å². The van der Waals surface area contributed by atoms with Crippen LogP contribution >= 0.6 is 0 Å². The summed E-state index contributed by atoms with van der Waals surface area (Å²) in [5.41, 5.74) is 0. The van der Waals surface area contributed by atoms with E-state index in [9.17, 15) is 9.90 Å². The molecule has 122 valence electrons. The Morgan fingerprint density at radius 2 is 2.00 bits per heavy atom. The zero-order chi connectivity index (χ0) is 15.9. The molecule has 0 spiro atoms. The Morgan fingerprint density at radius 1 is 1.27 bits per heavy atom. The van der Waals surface area contributed by atoms with Gasteiger partial charge in [0.1, 0.15) is 0 Å². The summed E-state index contributed by atoms with van der Waals surface area (Å²) in [6.07, 6.45) is 8.10. The predicted octanol–water partition coefficient (Wildman–Crippen LogP) is -2.35. The number of hydrogen-bond acceptors (Lipinski definition) is 5. The van der Waals surface area contributed by atoms with E-state index in [0.717, 1.165) is 25.7 Å². The van der Waals surface area contributed by atoms with Crippen LogP contribution in [0.3, 0.4) is 0 Å². The second kappa shape index (κ2) is 16.6. The number of rotatable bonds is 13. The van der Waals surface area contributed by atoms with Crippen LogP contribution in [0.2, 0.25) is 0 Å². The molecule has 0 atom stereocenters. The largest absolute Gasteiger partial charge is 1.00 e. The second-order valence-corrected chi connectivity index (χ2v) is 4.87. The average molecular weight is 306 g/mol. The first-order chi connectivity index (χ1) is 10.1. The number of aliphatic imine (C=N–C) groups is 1. The van der Waals surface area contributed by atoms with Crippen molar-refractivity contribution >= 4 is 11.9 Å². The molecule has 0 heterocycles. The third-order valence-electron chi connectivity index (χ3n) is 2.91. The van der Waals surface area contributed by atoms with Crippen molar-refractivity contribution in [2.24, 2.45) is 4.99 Å². The molecule has 22 heavy (non-hydrogen) atoms. The Morgan fingerprint density at radius 3 is 2.59 bits per heavy atom. The fourth-order valence-electron chi connectivity index (χ4n) is 1.81. The van der Waals surface area contributed by atoms with Crippen molar-refractivity contribution in [3.63, 3.8) is 0 Å². The van der Waals surface area contributed by atoms with Gasteiger partial charge < -0.3 is 15.3 Å². The minimum Gasteiger partial charge on any atom is -0.859 e. The number of nitrogens with zero attached hydrogens (tertiary/aromatic N) is 2. The van der Waals surface area contributed by atoms with Crippen molar-refractivity contribution in [3.8, 4) is 0 Å². The van der Waals surface area contributed by atoms with Crippen molar-refractivity contribution < 1.29 is 39.0 Å². The van der Waals surface area contributed by atoms with E-state index in [-0.39, 0.29) is 44.5 Å². The van der Waals surface area contributed by atoms with E-state index in [1.165, 1.54) is 6.08 Å². The normalized spacial score (nSPS) is 11.9. The summed E-state index contributed by atoms with van der Waals surface area (Å²) < 4.78 is 0. The van der Waals surface area contributed by atoms with E-state index in [4.69, 9.17) is 10.2 Å². The molecule has 0 saturated carbocycles. The summed E-state index contributed by atoms with van der Waals surface area (Å²) in [5.74, 6) is -1.20. The Kier molecular flexibility index (Phi) is 17.7. The molecule has 0 aromatic rings. The molecule has 6 nitrogen and oxygen atoms in total. The zero-order valence-electron chi connectivity index (χ0n) is 13.8. The van der Waals surface area contributed by atoms with Gasteiger partial charge in [0.15, 0.2) is 0 Å². The van der Waals surface area contributed by atoms with Gasteiger partial charge in [-0.2, -0.15) is 0 Å². The summed E-state index contributed by atoms with van der Waals surface area (Å²) in [6.45, 7) is 3.21. The fourth-order valence-corrected chi connectivity index (χ4v) is 1.81. The average Bonchev–Trinajstić information content (AvgIpc) is 2.43. The van der Waals surface area contributed by atoms with Crippen LogP contribution in [0.15, 0.2) is 17.1 Å². The number of carbonyl (C=O) groups is 1. The Labute approximate surface area is 145 Å². The van der Waals surface area contributed by atoms with Gasteiger partial charge in [-0.05, 0) is 25.2 Å². The van der Waals surface area contributed by atoms with E-state index >= 15 is 0 Å². The molecule has 0 aliphatic heterocycles. The van der Waals surface area contributed by atoms with Gasteiger partial charge in [-0.15, -0.1) is 0 Å². The van der Waals surface area contributed by atoms with Crippen molar-refractivity contribution in [2.75, 3.05) is 32.8 Å². The fraction of sp³-hybridized carbons (Fsp3) is 0.733. The van der Waals surface area contributed by atoms with Gasteiger partial charge in [0.05, 0.1) is 13.1 Å². The number of aliphatic carboxylic acids is 1. The quantitative estimate of drug-likeness (QED) is 0.172. The van der Waals surface area contributed by atoms with Gasteiger partial charge in [-0.25, -0.2) is 0 Å². The summed E-state index contributed by atoms with van der Waals surface area (Å²) in [4.78, 5) is 16.2. The smallest absolute Gasteiger partial charge is 0.859 e. The van der Waals surface area contributed by atoms with Crippen LogP contribution in [0.5, 0.6) is 0 Å². The summed E-state index contributed by atoms with van der Waals surface area (Å²) in [5, 5.41) is 29.0. The first-order valence-electron chi connectivity index (χ1n) is 7.53. The summed E-state index contributed by atoms with van der Waals surface area (Å²) in [6, 6.07) is 0. The minimum atomic E-state index is -0.921. The molecule has 0 saturated heterocycles. The molecule has 2 N–H and O–H groups in total. The van der Waals surface area contributed by atoms with E-state index in [0.29, 0.717) is 19.5 Å². The van der Waals surface area contributed by atoms with Gasteiger partial charge >= 0.3 is 24.8 Å². The maximum absolute atomic E-state index is 11.5. The molecular formula is C15H27LiN2O4. The molecule has 0 aliphatic rings. The minimum absolute atomic E-state index is 0. The standard InChI is InChI=1S/C15H28N2O4.Li/c1-2-3-4-5-6-8-14(19)16-9-11-17(10-7-12-18)13-15(20)21;/h6,8,18H,2-5,7,9-13H2,1H3,(H,16,19)(H,20,21);/q;+1/p-1/b8-6+;. The Bertz CT molecular complexity index is 336. The molecule has 0 rings (SSSR count). The van der Waals surface area contributed by atoms with Crippen molar-refractivity contribution in [1.29, 1.82) is 0 Å². The van der Waals surface area contributed by atoms with Crippen molar-refractivity contribution in [2.45, 2.75) is 39.0 Å². The maximum atomic E-state index is 11.5. The van der Waals surface area contributed by atoms with Crippen molar-refractivity contribution in [1.82, 2.24) is 4.90 Å². The van der Waals surface area contributed by atoms with E-state index in [2.05, 4.69) is 11.9 Å². The summed E-state index contributed by atoms with van der Waals surface area (Å²) >= 11 is 0. The van der Waals surface area contributed by atoms with Gasteiger partial charge in [0.25, 0.3) is 0 Å². The third-order valence-corrected chi connectivity index (χ3v) is 2.91. The van der Waals surface area contributed by atoms with Crippen LogP contribution in [0.1, 0.15) is 39.0 Å². The molecule has 0 aliphatic carbocycles. The number of hydrogen-bond donors (Lipinski definition) is 2. The topological polar surface area (TPSA) is 96.2 Å². The first-order valence-corrected chi connectivity index (χ1v) is 7.53. The van der Waals surface area contributed by atoms with Crippen molar-refractivity contribution in [3.05, 3.63) is 12.2 Å². The molecule has 0 bridgehead atoms. The molecule has 0 radical (unpaired) electrons. The van der Waals surface area contributed by atoms with Crippen LogP contribution in [-0.4, -0.2) is 59.8 Å².